The second-order valence-corrected chi connectivity index (χ2v) is 5.67. The van der Waals surface area contributed by atoms with Crippen LogP contribution in [0.5, 0.6) is 11.5 Å². The maximum atomic E-state index is 12.5. The predicted molar refractivity (Wildman–Crippen MR) is 97.8 cm³/mol. The molecular weight excluding hydrogens is 316 g/mol. The molecule has 0 saturated carbocycles. The van der Waals surface area contributed by atoms with Crippen molar-refractivity contribution in [2.45, 2.75) is 13.8 Å². The summed E-state index contributed by atoms with van der Waals surface area (Å²) in [4.78, 5) is 27.7. The first kappa shape index (κ1) is 18.5. The molecule has 0 unspecified atom stereocenters. The van der Waals surface area contributed by atoms with Crippen LogP contribution in [0.2, 0.25) is 0 Å². The average molecular weight is 340 g/mol. The first-order valence-corrected chi connectivity index (χ1v) is 8.41. The smallest absolute Gasteiger partial charge is 0.254 e. The highest BCUT2D eigenvalue weighted by Crippen LogP contribution is 2.21. The molecule has 0 N–H and O–H groups in total. The van der Waals surface area contributed by atoms with Crippen LogP contribution in [0.25, 0.3) is 0 Å². The summed E-state index contributed by atoms with van der Waals surface area (Å²) in [5, 5.41) is 0. The first-order valence-electron chi connectivity index (χ1n) is 8.41. The van der Waals surface area contributed by atoms with Crippen LogP contribution in [0.15, 0.2) is 54.6 Å². The van der Waals surface area contributed by atoms with Crippen LogP contribution in [0.1, 0.15) is 24.2 Å². The lowest BCUT2D eigenvalue weighted by molar-refractivity contribution is -0.131. The van der Waals surface area contributed by atoms with Gasteiger partial charge >= 0.3 is 0 Å². The van der Waals surface area contributed by atoms with Crippen LogP contribution in [0.4, 0.5) is 0 Å². The van der Waals surface area contributed by atoms with Gasteiger partial charge in [-0.3, -0.25) is 9.59 Å². The molecule has 0 heterocycles. The van der Waals surface area contributed by atoms with Gasteiger partial charge in [-0.1, -0.05) is 18.2 Å². The summed E-state index contributed by atoms with van der Waals surface area (Å²) in [6.45, 7) is 5.21. The zero-order valence-corrected chi connectivity index (χ0v) is 14.9. The maximum absolute atomic E-state index is 12.5. The highest BCUT2D eigenvalue weighted by atomic mass is 16.5. The second kappa shape index (κ2) is 8.87. The summed E-state index contributed by atoms with van der Waals surface area (Å²) in [5.74, 6) is 1.16. The van der Waals surface area contributed by atoms with Crippen molar-refractivity contribution in [3.8, 4) is 11.5 Å². The molecule has 2 amide bonds. The monoisotopic (exact) mass is 340 g/mol. The van der Waals surface area contributed by atoms with Gasteiger partial charge in [0.15, 0.2) is 0 Å². The number of benzene rings is 2. The SMILES string of the molecule is CCN(CC)C(=O)CN(C)C(=O)c1ccc(Oc2ccccc2)cc1. The van der Waals surface area contributed by atoms with Crippen molar-refractivity contribution in [3.63, 3.8) is 0 Å². The van der Waals surface area contributed by atoms with Crippen LogP contribution < -0.4 is 4.74 Å². The molecule has 25 heavy (non-hydrogen) atoms. The molecule has 0 saturated heterocycles. The third-order valence-electron chi connectivity index (χ3n) is 3.92. The molecule has 0 aliphatic carbocycles. The summed E-state index contributed by atoms with van der Waals surface area (Å²) >= 11 is 0. The maximum Gasteiger partial charge on any atom is 0.254 e. The number of nitrogens with zero attached hydrogens (tertiary/aromatic N) is 2. The highest BCUT2D eigenvalue weighted by molar-refractivity contribution is 5.96. The standard InChI is InChI=1S/C20H24N2O3/c1-4-22(5-2)19(23)15-21(3)20(24)16-11-13-18(14-12-16)25-17-9-7-6-8-10-17/h6-14H,4-5,15H2,1-3H3. The van der Waals surface area contributed by atoms with Crippen molar-refractivity contribution in [2.24, 2.45) is 0 Å². The topological polar surface area (TPSA) is 49.9 Å². The van der Waals surface area contributed by atoms with E-state index in [0.717, 1.165) is 5.75 Å². The molecule has 0 spiro atoms. The lowest BCUT2D eigenvalue weighted by Gasteiger charge is -2.23. The Labute approximate surface area is 148 Å². The Balaban J connectivity index is 1.98. The summed E-state index contributed by atoms with van der Waals surface area (Å²) in [6, 6.07) is 16.4. The van der Waals surface area contributed by atoms with Gasteiger partial charge in [0.1, 0.15) is 11.5 Å². The minimum absolute atomic E-state index is 0.0510. The van der Waals surface area contributed by atoms with Gasteiger partial charge in [-0.2, -0.15) is 0 Å². The predicted octanol–water partition coefficient (Wildman–Crippen LogP) is 3.42. The molecule has 0 radical (unpaired) electrons. The number of ether oxygens (including phenoxy) is 1. The van der Waals surface area contributed by atoms with Crippen LogP contribution >= 0.6 is 0 Å². The largest absolute Gasteiger partial charge is 0.457 e. The summed E-state index contributed by atoms with van der Waals surface area (Å²) in [5.41, 5.74) is 0.523. The Morgan fingerprint density at radius 3 is 2.00 bits per heavy atom. The van der Waals surface area contributed by atoms with E-state index in [9.17, 15) is 9.59 Å². The van der Waals surface area contributed by atoms with E-state index in [-0.39, 0.29) is 18.4 Å². The van der Waals surface area contributed by atoms with Crippen molar-refractivity contribution in [1.82, 2.24) is 9.80 Å². The number of amides is 2. The minimum Gasteiger partial charge on any atom is -0.457 e. The normalized spacial score (nSPS) is 10.2. The molecule has 0 aliphatic rings. The number of hydrogen-bond acceptors (Lipinski definition) is 3. The Bertz CT molecular complexity index is 695. The van der Waals surface area contributed by atoms with Crippen LogP contribution in [-0.4, -0.2) is 48.3 Å². The Kier molecular flexibility index (Phi) is 6.57. The number of hydrogen-bond donors (Lipinski definition) is 0. The van der Waals surface area contributed by atoms with Crippen molar-refractivity contribution < 1.29 is 14.3 Å². The van der Waals surface area contributed by atoms with Crippen molar-refractivity contribution in [3.05, 3.63) is 60.2 Å². The van der Waals surface area contributed by atoms with Crippen molar-refractivity contribution >= 4 is 11.8 Å². The number of likely N-dealkylation sites (N-methyl/N-ethyl adjacent to an activating group) is 2. The molecule has 0 aromatic heterocycles. The quantitative estimate of drug-likeness (QED) is 0.776. The number of rotatable bonds is 7. The van der Waals surface area contributed by atoms with E-state index in [1.54, 1.807) is 36.2 Å². The van der Waals surface area contributed by atoms with Crippen molar-refractivity contribution in [1.29, 1.82) is 0 Å². The lowest BCUT2D eigenvalue weighted by atomic mass is 10.2. The van der Waals surface area contributed by atoms with Crippen molar-refractivity contribution in [2.75, 3.05) is 26.7 Å². The Morgan fingerprint density at radius 2 is 1.44 bits per heavy atom. The average Bonchev–Trinajstić information content (AvgIpc) is 2.63. The molecule has 2 aromatic rings. The summed E-state index contributed by atoms with van der Waals surface area (Å²) < 4.78 is 5.71. The molecule has 2 aromatic carbocycles. The third kappa shape index (κ3) is 5.08. The van der Waals surface area contributed by atoms with Gasteiger partial charge in [-0.25, -0.2) is 0 Å². The van der Waals surface area contributed by atoms with E-state index in [2.05, 4.69) is 0 Å². The van der Waals surface area contributed by atoms with Gasteiger partial charge in [0.05, 0.1) is 6.54 Å². The lowest BCUT2D eigenvalue weighted by Crippen LogP contribution is -2.41. The van der Waals surface area contributed by atoms with E-state index in [0.29, 0.717) is 24.4 Å². The zero-order chi connectivity index (χ0) is 18.2. The van der Waals surface area contributed by atoms with E-state index in [1.807, 2.05) is 44.2 Å². The fourth-order valence-electron chi connectivity index (χ4n) is 2.46. The fourth-order valence-corrected chi connectivity index (χ4v) is 2.46. The molecule has 0 aliphatic heterocycles. The molecule has 0 fully saturated rings. The highest BCUT2D eigenvalue weighted by Gasteiger charge is 2.17. The Morgan fingerprint density at radius 1 is 0.880 bits per heavy atom. The van der Waals surface area contributed by atoms with Gasteiger partial charge in [0.2, 0.25) is 5.91 Å². The molecule has 0 bridgehead atoms. The van der Waals surface area contributed by atoms with Gasteiger partial charge < -0.3 is 14.5 Å². The van der Waals surface area contributed by atoms with Crippen LogP contribution in [-0.2, 0) is 4.79 Å². The van der Waals surface area contributed by atoms with Crippen LogP contribution in [0.3, 0.4) is 0 Å². The first-order chi connectivity index (χ1) is 12.0. The molecule has 132 valence electrons. The third-order valence-corrected chi connectivity index (χ3v) is 3.92. The van der Waals surface area contributed by atoms with Crippen LogP contribution in [0, 0.1) is 0 Å². The second-order valence-electron chi connectivity index (χ2n) is 5.67. The van der Waals surface area contributed by atoms with E-state index < -0.39 is 0 Å². The van der Waals surface area contributed by atoms with Gasteiger partial charge in [0, 0.05) is 25.7 Å². The Hall–Kier alpha value is -2.82. The fraction of sp³-hybridized carbons (Fsp3) is 0.300. The molecule has 0 atom stereocenters. The van der Waals surface area contributed by atoms with Gasteiger partial charge in [0.25, 0.3) is 5.91 Å². The number of carbonyl (C=O) groups is 2. The molecule has 5 nitrogen and oxygen atoms in total. The minimum atomic E-state index is -0.188. The van der Waals surface area contributed by atoms with E-state index in [4.69, 9.17) is 4.74 Å². The zero-order valence-electron chi connectivity index (χ0n) is 14.9. The molecule has 5 heteroatoms. The number of para-hydroxylation sites is 1. The summed E-state index contributed by atoms with van der Waals surface area (Å²) in [7, 11) is 1.64. The summed E-state index contributed by atoms with van der Waals surface area (Å²) in [6.07, 6.45) is 0. The van der Waals surface area contributed by atoms with E-state index >= 15 is 0 Å². The van der Waals surface area contributed by atoms with E-state index in [1.165, 1.54) is 4.90 Å². The molecular formula is C20H24N2O3. The van der Waals surface area contributed by atoms with Gasteiger partial charge in [-0.05, 0) is 50.2 Å². The van der Waals surface area contributed by atoms with Gasteiger partial charge in [-0.15, -0.1) is 0 Å². The molecule has 2 rings (SSSR count). The number of carbonyl (C=O) groups excluding carboxylic acids is 2.